The van der Waals surface area contributed by atoms with Crippen LogP contribution in [0.15, 0.2) is 73.4 Å². The van der Waals surface area contributed by atoms with Gasteiger partial charge in [-0.2, -0.15) is 0 Å². The lowest BCUT2D eigenvalue weighted by molar-refractivity contribution is 0.0106. The lowest BCUT2D eigenvalue weighted by atomic mass is 10.1. The van der Waals surface area contributed by atoms with Crippen LogP contribution in [0, 0.1) is 0 Å². The number of rotatable bonds is 7. The third-order valence-electron chi connectivity index (χ3n) is 6.26. The monoisotopic (exact) mass is 503 g/mol. The fourth-order valence-corrected chi connectivity index (χ4v) is 4.26. The maximum absolute atomic E-state index is 14.0. The Balaban J connectivity index is 1.25. The molecule has 0 saturated heterocycles. The van der Waals surface area contributed by atoms with Gasteiger partial charge in [0.05, 0.1) is 11.0 Å². The van der Waals surface area contributed by atoms with Crippen LogP contribution >= 0.6 is 0 Å². The summed E-state index contributed by atoms with van der Waals surface area (Å²) in [6, 6.07) is 14.0. The second-order valence-electron chi connectivity index (χ2n) is 8.82. The number of alkyl halides is 3. The van der Waals surface area contributed by atoms with Crippen molar-refractivity contribution in [1.82, 2.24) is 29.3 Å². The summed E-state index contributed by atoms with van der Waals surface area (Å²) in [5, 5.41) is 11.1. The smallest absolute Gasteiger partial charge is 0.288 e. The highest BCUT2D eigenvalue weighted by Gasteiger charge is 2.27. The van der Waals surface area contributed by atoms with Crippen molar-refractivity contribution in [1.29, 1.82) is 0 Å². The van der Waals surface area contributed by atoms with E-state index in [4.69, 9.17) is 0 Å². The topological polar surface area (TPSA) is 90.5 Å². The van der Waals surface area contributed by atoms with Crippen LogP contribution in [0.4, 0.5) is 18.9 Å². The van der Waals surface area contributed by atoms with E-state index >= 15 is 0 Å². The number of fused-ring (bicyclic) bond motifs is 1. The minimum absolute atomic E-state index is 0.149. The Bertz CT molecular complexity index is 1610. The molecule has 6 rings (SSSR count). The maximum Gasteiger partial charge on any atom is 0.288 e. The summed E-state index contributed by atoms with van der Waals surface area (Å²) in [6.07, 6.45) is 2.51. The van der Waals surface area contributed by atoms with Gasteiger partial charge in [-0.25, -0.2) is 13.2 Å². The molecule has 5 aromatic rings. The summed E-state index contributed by atoms with van der Waals surface area (Å²) in [4.78, 5) is 21.4. The van der Waals surface area contributed by atoms with Gasteiger partial charge in [-0.05, 0) is 54.8 Å². The van der Waals surface area contributed by atoms with Crippen molar-refractivity contribution in [2.45, 2.75) is 31.6 Å². The van der Waals surface area contributed by atoms with Gasteiger partial charge in [0.15, 0.2) is 5.82 Å². The van der Waals surface area contributed by atoms with Gasteiger partial charge in [-0.15, -0.1) is 10.2 Å². The summed E-state index contributed by atoms with van der Waals surface area (Å²) in [5.41, 5.74) is 3.28. The number of benzene rings is 1. The molecule has 1 saturated carbocycles. The van der Waals surface area contributed by atoms with Gasteiger partial charge in [0.25, 0.3) is 12.3 Å². The number of carbonyl (C=O) groups is 1. The molecule has 4 heterocycles. The molecule has 4 aromatic heterocycles. The molecule has 0 aliphatic heterocycles. The Morgan fingerprint density at radius 1 is 1.00 bits per heavy atom. The number of hydrogen-bond acceptors (Lipinski definition) is 5. The van der Waals surface area contributed by atoms with Crippen molar-refractivity contribution in [2.24, 2.45) is 0 Å². The zero-order chi connectivity index (χ0) is 25.5. The molecule has 1 aliphatic carbocycles. The first-order valence-corrected chi connectivity index (χ1v) is 11.6. The van der Waals surface area contributed by atoms with Crippen molar-refractivity contribution in [3.63, 3.8) is 0 Å². The molecule has 11 heteroatoms. The van der Waals surface area contributed by atoms with Crippen molar-refractivity contribution in [3.05, 3.63) is 79.1 Å². The van der Waals surface area contributed by atoms with Gasteiger partial charge < -0.3 is 14.5 Å². The molecule has 1 aliphatic rings. The predicted molar refractivity (Wildman–Crippen MR) is 131 cm³/mol. The van der Waals surface area contributed by atoms with Gasteiger partial charge in [-0.3, -0.25) is 14.8 Å². The van der Waals surface area contributed by atoms with Crippen LogP contribution in [0.3, 0.4) is 0 Å². The SMILES string of the molecule is O=C(Nc1cccc(-c2nncn2C2CC2)c1)c1cc(-c2cnc3ccn(C(F)C(F)F)c3c2)ccn1. The molecule has 0 spiro atoms. The minimum Gasteiger partial charge on any atom is -0.321 e. The molecule has 8 nitrogen and oxygen atoms in total. The Kier molecular flexibility index (Phi) is 5.67. The second-order valence-corrected chi connectivity index (χ2v) is 8.82. The van der Waals surface area contributed by atoms with E-state index < -0.39 is 18.6 Å². The molecular formula is C26H20F3N7O. The highest BCUT2D eigenvalue weighted by atomic mass is 19.3. The standard InChI is InChI=1S/C26H20F3N7O/c27-23(28)24(29)35-9-7-20-22(35)12-17(13-31-20)15-6-8-30-21(11-15)26(37)33-18-3-1-2-16(10-18)25-34-32-14-36(25)19-4-5-19/h1-3,6-14,19,23-24H,4-5H2,(H,33,37). The van der Waals surface area contributed by atoms with E-state index in [1.54, 1.807) is 36.8 Å². The van der Waals surface area contributed by atoms with Gasteiger partial charge in [0.1, 0.15) is 12.0 Å². The number of nitrogens with one attached hydrogen (secondary N) is 1. The fraction of sp³-hybridized carbons (Fsp3) is 0.192. The maximum atomic E-state index is 14.0. The van der Waals surface area contributed by atoms with E-state index in [0.717, 1.165) is 28.8 Å². The molecule has 186 valence electrons. The molecule has 1 aromatic carbocycles. The van der Waals surface area contributed by atoms with E-state index in [-0.39, 0.29) is 11.2 Å². The number of aromatic nitrogens is 6. The van der Waals surface area contributed by atoms with Crippen LogP contribution in [-0.4, -0.2) is 41.6 Å². The summed E-state index contributed by atoms with van der Waals surface area (Å²) in [6.45, 7) is 0. The average molecular weight is 503 g/mol. The number of nitrogens with zero attached hydrogens (tertiary/aromatic N) is 6. The first-order chi connectivity index (χ1) is 18.0. The largest absolute Gasteiger partial charge is 0.321 e. The molecule has 1 atom stereocenters. The fourth-order valence-electron chi connectivity index (χ4n) is 4.26. The molecule has 1 amide bonds. The van der Waals surface area contributed by atoms with E-state index in [0.29, 0.717) is 28.4 Å². The summed E-state index contributed by atoms with van der Waals surface area (Å²) < 4.78 is 42.8. The molecule has 1 fully saturated rings. The summed E-state index contributed by atoms with van der Waals surface area (Å²) in [5.74, 6) is 0.315. The Morgan fingerprint density at radius 2 is 1.86 bits per heavy atom. The quantitative estimate of drug-likeness (QED) is 0.309. The number of amides is 1. The third-order valence-corrected chi connectivity index (χ3v) is 6.26. The van der Waals surface area contributed by atoms with Crippen molar-refractivity contribution >= 4 is 22.6 Å². The normalized spacial score (nSPS) is 14.3. The third kappa shape index (κ3) is 4.44. The highest BCUT2D eigenvalue weighted by Crippen LogP contribution is 2.37. The van der Waals surface area contributed by atoms with E-state index in [2.05, 4.69) is 25.5 Å². The predicted octanol–water partition coefficient (Wildman–Crippen LogP) is 5.68. The molecule has 0 radical (unpaired) electrons. The second kappa shape index (κ2) is 9.16. The minimum atomic E-state index is -3.17. The molecule has 1 unspecified atom stereocenters. The Labute approximate surface area is 208 Å². The van der Waals surface area contributed by atoms with Gasteiger partial charge in [0.2, 0.25) is 6.30 Å². The lowest BCUT2D eigenvalue weighted by Gasteiger charge is -2.11. The molecule has 1 N–H and O–H groups in total. The molecule has 0 bridgehead atoms. The van der Waals surface area contributed by atoms with E-state index in [1.165, 1.54) is 18.5 Å². The highest BCUT2D eigenvalue weighted by molar-refractivity contribution is 6.03. The van der Waals surface area contributed by atoms with Crippen LogP contribution in [0.5, 0.6) is 0 Å². The molecular weight excluding hydrogens is 483 g/mol. The van der Waals surface area contributed by atoms with Crippen molar-refractivity contribution in [3.8, 4) is 22.5 Å². The lowest BCUT2D eigenvalue weighted by Crippen LogP contribution is -2.13. The summed E-state index contributed by atoms with van der Waals surface area (Å²) in [7, 11) is 0. The first kappa shape index (κ1) is 22.9. The summed E-state index contributed by atoms with van der Waals surface area (Å²) >= 11 is 0. The van der Waals surface area contributed by atoms with Crippen LogP contribution in [0.1, 0.15) is 35.7 Å². The van der Waals surface area contributed by atoms with Crippen LogP contribution < -0.4 is 5.32 Å². The number of hydrogen-bond donors (Lipinski definition) is 1. The van der Waals surface area contributed by atoms with E-state index in [1.807, 2.05) is 22.8 Å². The van der Waals surface area contributed by atoms with Crippen LogP contribution in [-0.2, 0) is 0 Å². The zero-order valence-electron chi connectivity index (χ0n) is 19.3. The van der Waals surface area contributed by atoms with Gasteiger partial charge in [0, 0.05) is 41.4 Å². The van der Waals surface area contributed by atoms with Gasteiger partial charge in [-0.1, -0.05) is 12.1 Å². The first-order valence-electron chi connectivity index (χ1n) is 11.6. The Morgan fingerprint density at radius 3 is 2.68 bits per heavy atom. The van der Waals surface area contributed by atoms with Crippen molar-refractivity contribution < 1.29 is 18.0 Å². The van der Waals surface area contributed by atoms with Crippen LogP contribution in [0.25, 0.3) is 33.5 Å². The number of halogens is 3. The number of anilines is 1. The van der Waals surface area contributed by atoms with Crippen molar-refractivity contribution in [2.75, 3.05) is 5.32 Å². The van der Waals surface area contributed by atoms with E-state index in [9.17, 15) is 18.0 Å². The Hall–Kier alpha value is -4.54. The molecule has 37 heavy (non-hydrogen) atoms. The van der Waals surface area contributed by atoms with Crippen LogP contribution in [0.2, 0.25) is 0 Å². The average Bonchev–Trinajstić information content (AvgIpc) is 3.48. The zero-order valence-corrected chi connectivity index (χ0v) is 19.3. The number of carbonyl (C=O) groups excluding carboxylic acids is 1. The number of pyridine rings is 2. The van der Waals surface area contributed by atoms with Gasteiger partial charge >= 0.3 is 0 Å².